The second kappa shape index (κ2) is 6.16. The summed E-state index contributed by atoms with van der Waals surface area (Å²) in [7, 11) is 0. The Bertz CT molecular complexity index is 490. The van der Waals surface area contributed by atoms with Gasteiger partial charge in [-0.05, 0) is 37.1 Å². The van der Waals surface area contributed by atoms with E-state index in [-0.39, 0.29) is 0 Å². The number of rotatable bonds is 5. The van der Waals surface area contributed by atoms with Gasteiger partial charge in [-0.25, -0.2) is 0 Å². The Morgan fingerprint density at radius 3 is 2.67 bits per heavy atom. The molecule has 0 aliphatic rings. The van der Waals surface area contributed by atoms with Crippen LogP contribution in [0.2, 0.25) is 0 Å². The smallest absolute Gasteiger partial charge is 0.0534 e. The van der Waals surface area contributed by atoms with Crippen LogP contribution >= 0.6 is 15.9 Å². The molecule has 1 aromatic carbocycles. The molecule has 0 saturated heterocycles. The number of aryl methyl sites for hydroxylation is 1. The first-order valence-corrected chi connectivity index (χ1v) is 6.92. The Kier molecular flexibility index (Phi) is 4.55. The van der Waals surface area contributed by atoms with Crippen LogP contribution in [0.1, 0.15) is 24.1 Å². The molecule has 0 spiro atoms. The van der Waals surface area contributed by atoms with E-state index < -0.39 is 0 Å². The first-order valence-electron chi connectivity index (χ1n) is 6.13. The largest absolute Gasteiger partial charge is 0.308 e. The van der Waals surface area contributed by atoms with Crippen molar-refractivity contribution in [2.24, 2.45) is 0 Å². The second-order valence-electron chi connectivity index (χ2n) is 4.51. The molecule has 1 N–H and O–H groups in total. The van der Waals surface area contributed by atoms with E-state index in [1.165, 1.54) is 11.1 Å². The van der Waals surface area contributed by atoms with Crippen molar-refractivity contribution >= 4 is 15.9 Å². The van der Waals surface area contributed by atoms with Gasteiger partial charge in [-0.3, -0.25) is 4.68 Å². The summed E-state index contributed by atoms with van der Waals surface area (Å²) in [6.07, 6.45) is 3.95. The van der Waals surface area contributed by atoms with E-state index in [0.29, 0.717) is 6.04 Å². The summed E-state index contributed by atoms with van der Waals surface area (Å²) in [5.41, 5.74) is 2.51. The molecule has 0 fully saturated rings. The lowest BCUT2D eigenvalue weighted by atomic mass is 10.1. The van der Waals surface area contributed by atoms with Crippen LogP contribution in [0.5, 0.6) is 0 Å². The summed E-state index contributed by atoms with van der Waals surface area (Å²) < 4.78 is 3.09. The molecule has 96 valence electrons. The van der Waals surface area contributed by atoms with Crippen LogP contribution in [0.25, 0.3) is 0 Å². The third-order valence-corrected chi connectivity index (χ3v) is 3.45. The molecule has 0 bridgehead atoms. The van der Waals surface area contributed by atoms with Crippen LogP contribution in [0, 0.1) is 6.92 Å². The predicted molar refractivity (Wildman–Crippen MR) is 77.5 cm³/mol. The van der Waals surface area contributed by atoms with Gasteiger partial charge < -0.3 is 5.32 Å². The lowest BCUT2D eigenvalue weighted by molar-refractivity contribution is 0.507. The fraction of sp³-hybridized carbons (Fsp3) is 0.357. The average molecular weight is 308 g/mol. The van der Waals surface area contributed by atoms with E-state index in [4.69, 9.17) is 0 Å². The lowest BCUT2D eigenvalue weighted by Crippen LogP contribution is -2.23. The monoisotopic (exact) mass is 307 g/mol. The molecule has 0 radical (unpaired) electrons. The number of hydrogen-bond acceptors (Lipinski definition) is 2. The molecule has 1 heterocycles. The Morgan fingerprint density at radius 1 is 1.33 bits per heavy atom. The molecule has 2 aromatic rings. The van der Waals surface area contributed by atoms with E-state index >= 15 is 0 Å². The molecular weight excluding hydrogens is 290 g/mol. The molecular formula is C14H18BrN3. The van der Waals surface area contributed by atoms with E-state index in [2.05, 4.69) is 70.7 Å². The highest BCUT2D eigenvalue weighted by atomic mass is 79.9. The summed E-state index contributed by atoms with van der Waals surface area (Å²) in [5.74, 6) is 0. The van der Waals surface area contributed by atoms with Crippen molar-refractivity contribution in [1.29, 1.82) is 0 Å². The van der Waals surface area contributed by atoms with Gasteiger partial charge in [-0.1, -0.05) is 28.1 Å². The zero-order chi connectivity index (χ0) is 13.0. The number of halogens is 1. The van der Waals surface area contributed by atoms with Gasteiger partial charge in [-0.15, -0.1) is 0 Å². The van der Waals surface area contributed by atoms with Crippen molar-refractivity contribution in [3.63, 3.8) is 0 Å². The van der Waals surface area contributed by atoms with Crippen LogP contribution in [-0.2, 0) is 6.54 Å². The Morgan fingerprint density at radius 2 is 2.06 bits per heavy atom. The fourth-order valence-electron chi connectivity index (χ4n) is 1.85. The summed E-state index contributed by atoms with van der Waals surface area (Å²) in [6, 6.07) is 8.78. The van der Waals surface area contributed by atoms with E-state index in [1.54, 1.807) is 0 Å². The molecule has 4 heteroatoms. The number of aromatic nitrogens is 2. The summed E-state index contributed by atoms with van der Waals surface area (Å²) >= 11 is 3.45. The van der Waals surface area contributed by atoms with E-state index in [9.17, 15) is 0 Å². The number of nitrogens with zero attached hydrogens (tertiary/aromatic N) is 2. The minimum absolute atomic E-state index is 0.356. The zero-order valence-corrected chi connectivity index (χ0v) is 12.3. The number of benzene rings is 1. The topological polar surface area (TPSA) is 29.9 Å². The first-order chi connectivity index (χ1) is 8.65. The second-order valence-corrected chi connectivity index (χ2v) is 5.42. The van der Waals surface area contributed by atoms with Crippen molar-refractivity contribution in [2.45, 2.75) is 26.4 Å². The SMILES string of the molecule is Cc1cnn(CCNC(C)c2ccc(Br)cc2)c1. The maximum absolute atomic E-state index is 4.27. The van der Waals surface area contributed by atoms with Crippen molar-refractivity contribution in [2.75, 3.05) is 6.54 Å². The van der Waals surface area contributed by atoms with Crippen LogP contribution in [0.3, 0.4) is 0 Å². The van der Waals surface area contributed by atoms with Crippen molar-refractivity contribution in [3.05, 3.63) is 52.3 Å². The molecule has 3 nitrogen and oxygen atoms in total. The fourth-order valence-corrected chi connectivity index (χ4v) is 2.12. The van der Waals surface area contributed by atoms with Crippen molar-refractivity contribution in [3.8, 4) is 0 Å². The standard InChI is InChI=1S/C14H18BrN3/c1-11-9-17-18(10-11)8-7-16-12(2)13-3-5-14(15)6-4-13/h3-6,9-10,12,16H,7-8H2,1-2H3. The number of hydrogen-bond donors (Lipinski definition) is 1. The molecule has 0 aliphatic carbocycles. The van der Waals surface area contributed by atoms with Crippen molar-refractivity contribution < 1.29 is 0 Å². The molecule has 1 aromatic heterocycles. The van der Waals surface area contributed by atoms with E-state index in [0.717, 1.165) is 17.6 Å². The highest BCUT2D eigenvalue weighted by molar-refractivity contribution is 9.10. The highest BCUT2D eigenvalue weighted by Crippen LogP contribution is 2.16. The van der Waals surface area contributed by atoms with Gasteiger partial charge in [0.2, 0.25) is 0 Å². The lowest BCUT2D eigenvalue weighted by Gasteiger charge is -2.14. The van der Waals surface area contributed by atoms with E-state index in [1.807, 2.05) is 10.9 Å². The van der Waals surface area contributed by atoms with Crippen molar-refractivity contribution in [1.82, 2.24) is 15.1 Å². The Hall–Kier alpha value is -1.13. The zero-order valence-electron chi connectivity index (χ0n) is 10.7. The van der Waals surface area contributed by atoms with Crippen LogP contribution in [0.15, 0.2) is 41.1 Å². The van der Waals surface area contributed by atoms with Gasteiger partial charge >= 0.3 is 0 Å². The Labute approximate surface area is 116 Å². The molecule has 0 aliphatic heterocycles. The molecule has 2 rings (SSSR count). The minimum Gasteiger partial charge on any atom is -0.308 e. The minimum atomic E-state index is 0.356. The third-order valence-electron chi connectivity index (χ3n) is 2.92. The highest BCUT2D eigenvalue weighted by Gasteiger charge is 2.04. The maximum atomic E-state index is 4.27. The van der Waals surface area contributed by atoms with Gasteiger partial charge in [0.25, 0.3) is 0 Å². The first kappa shape index (κ1) is 13.3. The summed E-state index contributed by atoms with van der Waals surface area (Å²) in [5, 5.41) is 7.77. The molecule has 0 amide bonds. The summed E-state index contributed by atoms with van der Waals surface area (Å²) in [6.45, 7) is 6.05. The quantitative estimate of drug-likeness (QED) is 0.918. The molecule has 18 heavy (non-hydrogen) atoms. The van der Waals surface area contributed by atoms with Crippen LogP contribution in [0.4, 0.5) is 0 Å². The number of nitrogens with one attached hydrogen (secondary N) is 1. The van der Waals surface area contributed by atoms with Gasteiger partial charge in [0.05, 0.1) is 12.7 Å². The Balaban J connectivity index is 1.81. The summed E-state index contributed by atoms with van der Waals surface area (Å²) in [4.78, 5) is 0. The van der Waals surface area contributed by atoms with Gasteiger partial charge in [0.1, 0.15) is 0 Å². The van der Waals surface area contributed by atoms with Crippen LogP contribution < -0.4 is 5.32 Å². The molecule has 1 atom stereocenters. The van der Waals surface area contributed by atoms with Gasteiger partial charge in [0.15, 0.2) is 0 Å². The third kappa shape index (κ3) is 3.68. The molecule has 1 unspecified atom stereocenters. The normalized spacial score (nSPS) is 12.6. The van der Waals surface area contributed by atoms with Crippen LogP contribution in [-0.4, -0.2) is 16.3 Å². The predicted octanol–water partition coefficient (Wildman–Crippen LogP) is 3.30. The maximum Gasteiger partial charge on any atom is 0.0534 e. The van der Waals surface area contributed by atoms with Gasteiger partial charge in [-0.2, -0.15) is 5.10 Å². The molecule has 0 saturated carbocycles. The van der Waals surface area contributed by atoms with Gasteiger partial charge in [0, 0.05) is 23.3 Å². The average Bonchev–Trinajstić information content (AvgIpc) is 2.76.